The second-order valence-electron chi connectivity index (χ2n) is 4.44. The van der Waals surface area contributed by atoms with Crippen molar-refractivity contribution >= 4 is 17.9 Å². The highest BCUT2D eigenvalue weighted by molar-refractivity contribution is 5.96. The topological polar surface area (TPSA) is 40.6 Å². The van der Waals surface area contributed by atoms with Gasteiger partial charge in [0.05, 0.1) is 6.54 Å². The van der Waals surface area contributed by atoms with Gasteiger partial charge in [-0.15, -0.1) is 0 Å². The van der Waals surface area contributed by atoms with Crippen LogP contribution in [0.2, 0.25) is 0 Å². The SMILES string of the molecule is Cc1cc(N2CCN(C)CC2=O)ccc1C=O. The number of benzene rings is 1. The first kappa shape index (κ1) is 11.8. The normalized spacial score (nSPS) is 17.3. The third kappa shape index (κ3) is 2.36. The number of nitrogens with zero attached hydrogens (tertiary/aromatic N) is 2. The number of rotatable bonds is 2. The summed E-state index contributed by atoms with van der Waals surface area (Å²) in [4.78, 5) is 26.4. The first-order valence-electron chi connectivity index (χ1n) is 5.66. The van der Waals surface area contributed by atoms with Gasteiger partial charge < -0.3 is 4.90 Å². The van der Waals surface area contributed by atoms with Crippen molar-refractivity contribution in [2.24, 2.45) is 0 Å². The number of likely N-dealkylation sites (N-methyl/N-ethyl adjacent to an activating group) is 1. The molecule has 4 heteroatoms. The molecule has 1 aromatic rings. The largest absolute Gasteiger partial charge is 0.310 e. The average molecular weight is 232 g/mol. The van der Waals surface area contributed by atoms with E-state index in [1.807, 2.05) is 31.0 Å². The van der Waals surface area contributed by atoms with Gasteiger partial charge in [0.15, 0.2) is 0 Å². The Morgan fingerprint density at radius 1 is 1.29 bits per heavy atom. The molecule has 90 valence electrons. The fraction of sp³-hybridized carbons (Fsp3) is 0.385. The lowest BCUT2D eigenvalue weighted by molar-refractivity contribution is -0.120. The summed E-state index contributed by atoms with van der Waals surface area (Å²) in [5.74, 6) is 0.108. The zero-order valence-corrected chi connectivity index (χ0v) is 10.1. The van der Waals surface area contributed by atoms with Crippen LogP contribution in [0.5, 0.6) is 0 Å². The van der Waals surface area contributed by atoms with Gasteiger partial charge in [-0.05, 0) is 37.7 Å². The van der Waals surface area contributed by atoms with E-state index < -0.39 is 0 Å². The zero-order valence-electron chi connectivity index (χ0n) is 10.1. The van der Waals surface area contributed by atoms with Crippen LogP contribution in [0, 0.1) is 6.92 Å². The number of carbonyl (C=O) groups is 2. The highest BCUT2D eigenvalue weighted by Gasteiger charge is 2.22. The number of amides is 1. The van der Waals surface area contributed by atoms with Crippen LogP contribution in [-0.4, -0.2) is 43.8 Å². The van der Waals surface area contributed by atoms with Crippen molar-refractivity contribution in [1.82, 2.24) is 4.90 Å². The van der Waals surface area contributed by atoms with Crippen LogP contribution in [-0.2, 0) is 4.79 Å². The van der Waals surface area contributed by atoms with Crippen molar-refractivity contribution in [2.45, 2.75) is 6.92 Å². The molecule has 0 spiro atoms. The Balaban J connectivity index is 2.25. The van der Waals surface area contributed by atoms with E-state index >= 15 is 0 Å². The van der Waals surface area contributed by atoms with Gasteiger partial charge >= 0.3 is 0 Å². The van der Waals surface area contributed by atoms with Crippen LogP contribution < -0.4 is 4.90 Å². The molecule has 0 atom stereocenters. The summed E-state index contributed by atoms with van der Waals surface area (Å²) >= 11 is 0. The summed E-state index contributed by atoms with van der Waals surface area (Å²) in [5, 5.41) is 0. The fourth-order valence-corrected chi connectivity index (χ4v) is 2.02. The van der Waals surface area contributed by atoms with E-state index in [1.54, 1.807) is 11.0 Å². The minimum absolute atomic E-state index is 0.108. The predicted octanol–water partition coefficient (Wildman–Crippen LogP) is 1.09. The zero-order chi connectivity index (χ0) is 12.4. The lowest BCUT2D eigenvalue weighted by Gasteiger charge is -2.32. The van der Waals surface area contributed by atoms with Crippen molar-refractivity contribution in [3.63, 3.8) is 0 Å². The summed E-state index contributed by atoms with van der Waals surface area (Å²) in [7, 11) is 1.94. The van der Waals surface area contributed by atoms with Gasteiger partial charge in [0.1, 0.15) is 6.29 Å². The first-order chi connectivity index (χ1) is 8.11. The molecular weight excluding hydrogens is 216 g/mol. The molecule has 0 aliphatic carbocycles. The van der Waals surface area contributed by atoms with Crippen LogP contribution in [0.1, 0.15) is 15.9 Å². The average Bonchev–Trinajstić information content (AvgIpc) is 2.29. The molecule has 1 saturated heterocycles. The molecule has 1 heterocycles. The molecule has 0 bridgehead atoms. The molecule has 1 aliphatic rings. The second-order valence-corrected chi connectivity index (χ2v) is 4.44. The highest BCUT2D eigenvalue weighted by atomic mass is 16.2. The van der Waals surface area contributed by atoms with E-state index in [-0.39, 0.29) is 5.91 Å². The number of piperazine rings is 1. The summed E-state index contributed by atoms with van der Waals surface area (Å²) in [6.07, 6.45) is 0.838. The summed E-state index contributed by atoms with van der Waals surface area (Å²) in [6, 6.07) is 5.50. The van der Waals surface area contributed by atoms with Crippen LogP contribution in [0.15, 0.2) is 18.2 Å². The Labute approximate surface area is 101 Å². The fourth-order valence-electron chi connectivity index (χ4n) is 2.02. The van der Waals surface area contributed by atoms with Gasteiger partial charge in [0.2, 0.25) is 5.91 Å². The monoisotopic (exact) mass is 232 g/mol. The van der Waals surface area contributed by atoms with E-state index in [2.05, 4.69) is 0 Å². The number of hydrogen-bond donors (Lipinski definition) is 0. The third-order valence-corrected chi connectivity index (χ3v) is 3.10. The van der Waals surface area contributed by atoms with Crippen LogP contribution in [0.4, 0.5) is 5.69 Å². The van der Waals surface area contributed by atoms with Gasteiger partial charge in [-0.1, -0.05) is 0 Å². The second kappa shape index (κ2) is 4.67. The maximum absolute atomic E-state index is 11.9. The Hall–Kier alpha value is -1.68. The van der Waals surface area contributed by atoms with E-state index in [1.165, 1.54) is 0 Å². The molecule has 4 nitrogen and oxygen atoms in total. The summed E-state index contributed by atoms with van der Waals surface area (Å²) < 4.78 is 0. The summed E-state index contributed by atoms with van der Waals surface area (Å²) in [6.45, 7) is 3.91. The molecule has 17 heavy (non-hydrogen) atoms. The lowest BCUT2D eigenvalue weighted by Crippen LogP contribution is -2.48. The van der Waals surface area contributed by atoms with Crippen LogP contribution in [0.3, 0.4) is 0 Å². The lowest BCUT2D eigenvalue weighted by atomic mass is 10.1. The highest BCUT2D eigenvalue weighted by Crippen LogP contribution is 2.20. The maximum atomic E-state index is 11.9. The van der Waals surface area contributed by atoms with E-state index in [0.29, 0.717) is 18.7 Å². The van der Waals surface area contributed by atoms with Crippen molar-refractivity contribution in [3.8, 4) is 0 Å². The van der Waals surface area contributed by atoms with Gasteiger partial charge in [-0.3, -0.25) is 14.5 Å². The molecule has 0 saturated carbocycles. The Bertz CT molecular complexity index is 457. The van der Waals surface area contributed by atoms with Crippen LogP contribution in [0.25, 0.3) is 0 Å². The molecule has 0 radical (unpaired) electrons. The molecule has 1 amide bonds. The number of aldehydes is 1. The minimum Gasteiger partial charge on any atom is -0.310 e. The Morgan fingerprint density at radius 2 is 2.06 bits per heavy atom. The number of aryl methyl sites for hydroxylation is 1. The molecule has 1 aliphatic heterocycles. The number of carbonyl (C=O) groups excluding carboxylic acids is 2. The predicted molar refractivity (Wildman–Crippen MR) is 66.4 cm³/mol. The molecule has 1 fully saturated rings. The van der Waals surface area contributed by atoms with Gasteiger partial charge in [0, 0.05) is 24.3 Å². The minimum atomic E-state index is 0.108. The Kier molecular flexibility index (Phi) is 3.24. The van der Waals surface area contributed by atoms with E-state index in [9.17, 15) is 9.59 Å². The van der Waals surface area contributed by atoms with E-state index in [0.717, 1.165) is 24.1 Å². The molecule has 0 aromatic heterocycles. The van der Waals surface area contributed by atoms with Crippen molar-refractivity contribution in [3.05, 3.63) is 29.3 Å². The Morgan fingerprint density at radius 3 is 2.65 bits per heavy atom. The van der Waals surface area contributed by atoms with Crippen LogP contribution >= 0.6 is 0 Å². The molecule has 2 rings (SSSR count). The third-order valence-electron chi connectivity index (χ3n) is 3.10. The number of anilines is 1. The summed E-state index contributed by atoms with van der Waals surface area (Å²) in [5.41, 5.74) is 2.46. The standard InChI is InChI=1S/C13H16N2O2/c1-10-7-12(4-3-11(10)9-16)15-6-5-14(2)8-13(15)17/h3-4,7,9H,5-6,8H2,1-2H3. The van der Waals surface area contributed by atoms with Gasteiger partial charge in [-0.25, -0.2) is 0 Å². The van der Waals surface area contributed by atoms with Gasteiger partial charge in [-0.2, -0.15) is 0 Å². The molecule has 0 N–H and O–H groups in total. The van der Waals surface area contributed by atoms with E-state index in [4.69, 9.17) is 0 Å². The smallest absolute Gasteiger partial charge is 0.241 e. The molecule has 1 aromatic carbocycles. The van der Waals surface area contributed by atoms with Crippen molar-refractivity contribution in [1.29, 1.82) is 0 Å². The number of hydrogen-bond acceptors (Lipinski definition) is 3. The van der Waals surface area contributed by atoms with Crippen molar-refractivity contribution in [2.75, 3.05) is 31.6 Å². The first-order valence-corrected chi connectivity index (χ1v) is 5.66. The molecule has 0 unspecified atom stereocenters. The molecular formula is C13H16N2O2. The quantitative estimate of drug-likeness (QED) is 0.717. The maximum Gasteiger partial charge on any atom is 0.241 e. The van der Waals surface area contributed by atoms with Crippen molar-refractivity contribution < 1.29 is 9.59 Å². The van der Waals surface area contributed by atoms with Gasteiger partial charge in [0.25, 0.3) is 0 Å².